The molecule has 4 heterocycles. The summed E-state index contributed by atoms with van der Waals surface area (Å²) in [7, 11) is -3.16. The fraction of sp³-hybridized carbons (Fsp3) is 0.410. The second-order valence-electron chi connectivity index (χ2n) is 14.8. The largest absolute Gasteiger partial charge is 0.465 e. The number of rotatable bonds is 10. The quantitative estimate of drug-likeness (QED) is 0.150. The van der Waals surface area contributed by atoms with Gasteiger partial charge in [0, 0.05) is 47.8 Å². The van der Waals surface area contributed by atoms with Crippen LogP contribution in [0.15, 0.2) is 91.1 Å². The Morgan fingerprint density at radius 3 is 2.22 bits per heavy atom. The minimum Gasteiger partial charge on any atom is -0.465 e. The van der Waals surface area contributed by atoms with Crippen LogP contribution in [0, 0.1) is 0 Å². The molecule has 1 saturated heterocycles. The number of halogens is 2. The van der Waals surface area contributed by atoms with E-state index in [0.29, 0.717) is 17.7 Å². The molecule has 4 atom stereocenters. The van der Waals surface area contributed by atoms with Gasteiger partial charge in [-0.3, -0.25) is 4.90 Å². The molecule has 6 nitrogen and oxygen atoms in total. The number of thiazole rings is 1. The molecule has 0 unspecified atom stereocenters. The van der Waals surface area contributed by atoms with E-state index in [1.807, 2.05) is 83.9 Å². The molecule has 3 aromatic carbocycles. The topological polar surface area (TPSA) is 62.4 Å². The van der Waals surface area contributed by atoms with E-state index in [1.54, 1.807) is 0 Å². The highest BCUT2D eigenvalue weighted by Gasteiger charge is 2.52. The number of H-pyrrole nitrogens is 1. The van der Waals surface area contributed by atoms with Crippen LogP contribution >= 0.6 is 11.3 Å². The van der Waals surface area contributed by atoms with E-state index in [-0.39, 0.29) is 12.1 Å². The molecule has 2 aliphatic heterocycles. The molecule has 0 saturated carbocycles. The summed E-state index contributed by atoms with van der Waals surface area (Å²) in [6.07, 6.45) is 3.43. The fourth-order valence-electron chi connectivity index (χ4n) is 7.92. The summed E-state index contributed by atoms with van der Waals surface area (Å²) >= 11 is 1.46. The van der Waals surface area contributed by atoms with Crippen LogP contribution in [0.4, 0.5) is 8.78 Å². The zero-order valence-corrected chi connectivity index (χ0v) is 30.7. The van der Waals surface area contributed by atoms with E-state index in [0.717, 1.165) is 44.8 Å². The lowest BCUT2D eigenvalue weighted by Gasteiger charge is -2.45. The number of nitrogens with one attached hydrogen (secondary N) is 2. The highest BCUT2D eigenvalue weighted by molar-refractivity contribution is 7.13. The van der Waals surface area contributed by atoms with Crippen LogP contribution in [0.5, 0.6) is 5.19 Å². The summed E-state index contributed by atoms with van der Waals surface area (Å²) in [4.78, 5) is 11.1. The zero-order chi connectivity index (χ0) is 34.4. The Morgan fingerprint density at radius 2 is 1.59 bits per heavy atom. The van der Waals surface area contributed by atoms with Crippen molar-refractivity contribution in [2.45, 2.75) is 82.7 Å². The normalized spacial score (nSPS) is 22.0. The molecule has 10 heteroatoms. The van der Waals surface area contributed by atoms with E-state index >= 15 is 8.78 Å². The van der Waals surface area contributed by atoms with Gasteiger partial charge in [0.1, 0.15) is 6.10 Å². The van der Waals surface area contributed by atoms with Gasteiger partial charge in [-0.2, -0.15) is 0 Å². The number of nitrogens with zero attached hydrogens (tertiary/aromatic N) is 2. The minimum absolute atomic E-state index is 0.0435. The maximum absolute atomic E-state index is 16.7. The van der Waals surface area contributed by atoms with Gasteiger partial charge in [-0.15, -0.1) is 0 Å². The fourth-order valence-corrected chi connectivity index (χ4v) is 13.5. The van der Waals surface area contributed by atoms with Crippen LogP contribution in [0.3, 0.4) is 0 Å². The predicted molar refractivity (Wildman–Crippen MR) is 197 cm³/mol. The number of aromatic amines is 1. The SMILES string of the molecule is C[C@@H]1C[C@@H](Oc2ncc([C@@H]3c4[nH]c5ccccc5c4C[C@@H](C)N3CC(F)(F)CO[Si](c3ccccc3)(c3ccccc3)C(C)(C)C)s2)CN1. The number of ether oxygens (including phenoxy) is 1. The number of hydrogen-bond acceptors (Lipinski definition) is 6. The average Bonchev–Trinajstić information content (AvgIpc) is 3.81. The maximum Gasteiger partial charge on any atom is 0.282 e. The highest BCUT2D eigenvalue weighted by Crippen LogP contribution is 2.45. The molecule has 5 aromatic rings. The minimum atomic E-state index is -3.16. The molecule has 49 heavy (non-hydrogen) atoms. The van der Waals surface area contributed by atoms with Crippen molar-refractivity contribution in [3.63, 3.8) is 0 Å². The van der Waals surface area contributed by atoms with Gasteiger partial charge >= 0.3 is 0 Å². The average molecular weight is 701 g/mol. The standard InChI is InChI=1S/C39H46F2N4O2SSi/c1-26-20-28(22-42-26)47-37-43-23-34(48-37)36-35-32(31-18-12-13-19-33(31)44-35)21-27(2)45(36)24-39(40,41)25-46-49(38(3,4)5,29-14-8-6-9-15-29)30-16-10-7-11-17-30/h6-19,23,26-28,36,42,44H,20-22,24-25H2,1-5H3/t26-,27-,28-,36-/m1/s1. The summed E-state index contributed by atoms with van der Waals surface area (Å²) in [6.45, 7) is 10.2. The Kier molecular flexibility index (Phi) is 9.29. The Morgan fingerprint density at radius 1 is 0.939 bits per heavy atom. The molecule has 2 aromatic heterocycles. The van der Waals surface area contributed by atoms with Gasteiger partial charge in [-0.05, 0) is 47.3 Å². The van der Waals surface area contributed by atoms with Gasteiger partial charge in [0.2, 0.25) is 0 Å². The van der Waals surface area contributed by atoms with Gasteiger partial charge in [-0.1, -0.05) is 111 Å². The van der Waals surface area contributed by atoms with Gasteiger partial charge in [-0.25, -0.2) is 13.8 Å². The lowest BCUT2D eigenvalue weighted by atomic mass is 9.91. The Labute approximate surface area is 293 Å². The lowest BCUT2D eigenvalue weighted by Crippen LogP contribution is -2.67. The van der Waals surface area contributed by atoms with E-state index in [9.17, 15) is 0 Å². The van der Waals surface area contributed by atoms with Crippen LogP contribution in [-0.2, 0) is 10.8 Å². The first-order valence-electron chi connectivity index (χ1n) is 17.3. The van der Waals surface area contributed by atoms with Crippen molar-refractivity contribution in [1.82, 2.24) is 20.2 Å². The third-order valence-corrected chi connectivity index (χ3v) is 16.1. The van der Waals surface area contributed by atoms with E-state index in [1.165, 1.54) is 16.9 Å². The summed E-state index contributed by atoms with van der Waals surface area (Å²) in [5.41, 5.74) is 3.15. The third kappa shape index (κ3) is 6.61. The molecule has 258 valence electrons. The molecular formula is C39H46F2N4O2SSi. The van der Waals surface area contributed by atoms with Crippen LogP contribution in [-0.4, -0.2) is 67.0 Å². The zero-order valence-electron chi connectivity index (χ0n) is 28.9. The number of para-hydroxylation sites is 1. The Hall–Kier alpha value is -3.41. The second-order valence-corrected chi connectivity index (χ2v) is 20.1. The lowest BCUT2D eigenvalue weighted by molar-refractivity contribution is -0.0818. The molecule has 7 rings (SSSR count). The second kappa shape index (κ2) is 13.4. The van der Waals surface area contributed by atoms with Crippen LogP contribution in [0.25, 0.3) is 10.9 Å². The predicted octanol–water partition coefficient (Wildman–Crippen LogP) is 7.30. The third-order valence-electron chi connectivity index (χ3n) is 10.2. The summed E-state index contributed by atoms with van der Waals surface area (Å²) in [6, 6.07) is 28.0. The van der Waals surface area contributed by atoms with Gasteiger partial charge in [0.25, 0.3) is 19.4 Å². The molecule has 1 fully saturated rings. The Bertz CT molecular complexity index is 1840. The van der Waals surface area contributed by atoms with Crippen LogP contribution < -0.4 is 20.4 Å². The number of benzene rings is 3. The van der Waals surface area contributed by atoms with E-state index in [2.05, 4.69) is 62.0 Å². The van der Waals surface area contributed by atoms with Gasteiger partial charge in [0.05, 0.1) is 24.1 Å². The molecule has 0 radical (unpaired) electrons. The number of alkyl halides is 2. The van der Waals surface area contributed by atoms with E-state index in [4.69, 9.17) is 9.16 Å². The summed E-state index contributed by atoms with van der Waals surface area (Å²) < 4.78 is 46.5. The molecule has 2 aliphatic rings. The van der Waals surface area contributed by atoms with Gasteiger partial charge in [0.15, 0.2) is 0 Å². The van der Waals surface area contributed by atoms with Crippen molar-refractivity contribution in [3.8, 4) is 5.19 Å². The first-order valence-corrected chi connectivity index (χ1v) is 20.0. The monoisotopic (exact) mass is 700 g/mol. The molecule has 0 aliphatic carbocycles. The summed E-state index contributed by atoms with van der Waals surface area (Å²) in [5, 5.41) is 6.71. The first kappa shape index (κ1) is 34.1. The molecular weight excluding hydrogens is 655 g/mol. The van der Waals surface area contributed by atoms with Crippen LogP contribution in [0.1, 0.15) is 63.2 Å². The number of aromatic nitrogens is 2. The van der Waals surface area contributed by atoms with Crippen LogP contribution in [0.2, 0.25) is 5.04 Å². The van der Waals surface area contributed by atoms with Crippen molar-refractivity contribution < 1.29 is 17.9 Å². The van der Waals surface area contributed by atoms with Crippen molar-refractivity contribution in [3.05, 3.63) is 107 Å². The summed E-state index contributed by atoms with van der Waals surface area (Å²) in [5.74, 6) is -3.14. The maximum atomic E-state index is 16.7. The smallest absolute Gasteiger partial charge is 0.282 e. The number of hydrogen-bond donors (Lipinski definition) is 2. The molecule has 0 spiro atoms. The van der Waals surface area contributed by atoms with Gasteiger partial charge < -0.3 is 19.5 Å². The van der Waals surface area contributed by atoms with Crippen molar-refractivity contribution >= 4 is 40.9 Å². The molecule has 0 amide bonds. The van der Waals surface area contributed by atoms with Crippen molar-refractivity contribution in [2.24, 2.45) is 0 Å². The molecule has 2 N–H and O–H groups in total. The van der Waals surface area contributed by atoms with Crippen molar-refractivity contribution in [2.75, 3.05) is 19.7 Å². The molecule has 0 bridgehead atoms. The highest BCUT2D eigenvalue weighted by atomic mass is 32.1. The van der Waals surface area contributed by atoms with Crippen molar-refractivity contribution in [1.29, 1.82) is 0 Å². The Balaban J connectivity index is 1.22. The first-order chi connectivity index (χ1) is 23.4. The number of fused-ring (bicyclic) bond motifs is 3. The van der Waals surface area contributed by atoms with E-state index < -0.39 is 38.5 Å².